The van der Waals surface area contributed by atoms with Crippen molar-refractivity contribution in [2.45, 2.75) is 11.3 Å². The van der Waals surface area contributed by atoms with Gasteiger partial charge < -0.3 is 10.4 Å². The monoisotopic (exact) mass is 302 g/mol. The van der Waals surface area contributed by atoms with E-state index in [1.807, 2.05) is 30.3 Å². The van der Waals surface area contributed by atoms with E-state index in [-0.39, 0.29) is 11.5 Å². The summed E-state index contributed by atoms with van der Waals surface area (Å²) in [4.78, 5) is 27.4. The van der Waals surface area contributed by atoms with E-state index in [2.05, 4.69) is 10.3 Å². The fourth-order valence-electron chi connectivity index (χ4n) is 1.58. The quantitative estimate of drug-likeness (QED) is 0.802. The van der Waals surface area contributed by atoms with Crippen LogP contribution in [0.5, 0.6) is 0 Å². The van der Waals surface area contributed by atoms with Crippen molar-refractivity contribution in [2.24, 2.45) is 0 Å². The third-order valence-electron chi connectivity index (χ3n) is 2.62. The molecule has 5 nitrogen and oxygen atoms in total. The molecule has 0 saturated carbocycles. The number of amides is 1. The molecule has 0 bridgehead atoms. The molecule has 0 atom stereocenters. The molecule has 2 aromatic rings. The molecule has 0 saturated heterocycles. The number of hydrogen-bond donors (Lipinski definition) is 2. The molecule has 1 aromatic carbocycles. The molecule has 0 aliphatic heterocycles. The predicted octanol–water partition coefficient (Wildman–Crippen LogP) is 2.90. The van der Waals surface area contributed by atoms with Crippen LogP contribution in [0.1, 0.15) is 16.8 Å². The molecule has 0 fully saturated rings. The van der Waals surface area contributed by atoms with Gasteiger partial charge in [-0.15, -0.1) is 11.8 Å². The number of anilines is 1. The molecule has 21 heavy (non-hydrogen) atoms. The average molecular weight is 302 g/mol. The number of carbonyl (C=O) groups excluding carboxylic acids is 1. The van der Waals surface area contributed by atoms with Crippen LogP contribution in [-0.2, 0) is 4.79 Å². The highest BCUT2D eigenvalue weighted by molar-refractivity contribution is 7.99. The van der Waals surface area contributed by atoms with Crippen LogP contribution in [-0.4, -0.2) is 27.7 Å². The van der Waals surface area contributed by atoms with E-state index in [0.717, 1.165) is 4.90 Å². The number of nitrogens with one attached hydrogen (secondary N) is 1. The van der Waals surface area contributed by atoms with E-state index in [1.54, 1.807) is 11.8 Å². The first-order valence-corrected chi connectivity index (χ1v) is 7.31. The highest BCUT2D eigenvalue weighted by Gasteiger charge is 2.06. The molecule has 1 aromatic heterocycles. The number of aromatic carboxylic acids is 1. The summed E-state index contributed by atoms with van der Waals surface area (Å²) in [5.74, 6) is -0.161. The van der Waals surface area contributed by atoms with Crippen molar-refractivity contribution in [3.63, 3.8) is 0 Å². The Morgan fingerprint density at radius 2 is 1.90 bits per heavy atom. The molecular weight excluding hydrogens is 288 g/mol. The number of carboxylic acid groups (broad SMARTS) is 1. The number of carboxylic acids is 1. The third kappa shape index (κ3) is 4.92. The molecule has 0 unspecified atom stereocenters. The number of pyridine rings is 1. The SMILES string of the molecule is O=C(CCSc1ccccc1)Nc1ccc(C(=O)O)cn1. The van der Waals surface area contributed by atoms with Crippen LogP contribution < -0.4 is 5.32 Å². The van der Waals surface area contributed by atoms with E-state index in [1.165, 1.54) is 18.3 Å². The minimum absolute atomic E-state index is 0.0904. The average Bonchev–Trinajstić information content (AvgIpc) is 2.49. The second kappa shape index (κ2) is 7.44. The van der Waals surface area contributed by atoms with Crippen LogP contribution >= 0.6 is 11.8 Å². The van der Waals surface area contributed by atoms with Gasteiger partial charge in [0.2, 0.25) is 5.91 Å². The van der Waals surface area contributed by atoms with Crippen LogP contribution in [0.25, 0.3) is 0 Å². The Kier molecular flexibility index (Phi) is 5.34. The van der Waals surface area contributed by atoms with Gasteiger partial charge in [0.1, 0.15) is 5.82 Å². The second-order valence-electron chi connectivity index (χ2n) is 4.20. The first-order chi connectivity index (χ1) is 10.1. The van der Waals surface area contributed by atoms with Crippen LogP contribution in [0.2, 0.25) is 0 Å². The molecule has 6 heteroatoms. The van der Waals surface area contributed by atoms with Gasteiger partial charge >= 0.3 is 5.97 Å². The van der Waals surface area contributed by atoms with Gasteiger partial charge in [0, 0.05) is 23.3 Å². The Labute approximate surface area is 126 Å². The fourth-order valence-corrected chi connectivity index (χ4v) is 2.45. The molecule has 1 heterocycles. The van der Waals surface area contributed by atoms with E-state index < -0.39 is 5.97 Å². The maximum absolute atomic E-state index is 11.7. The predicted molar refractivity (Wildman–Crippen MR) is 81.6 cm³/mol. The number of rotatable bonds is 6. The molecule has 0 spiro atoms. The van der Waals surface area contributed by atoms with Crippen molar-refractivity contribution in [1.29, 1.82) is 0 Å². The standard InChI is InChI=1S/C15H14N2O3S/c18-14(8-9-21-12-4-2-1-3-5-12)17-13-7-6-11(10-16-13)15(19)20/h1-7,10H,8-9H2,(H,19,20)(H,16,17,18). The molecular formula is C15H14N2O3S. The highest BCUT2D eigenvalue weighted by atomic mass is 32.2. The number of nitrogens with zero attached hydrogens (tertiary/aromatic N) is 1. The number of carbonyl (C=O) groups is 2. The number of benzene rings is 1. The van der Waals surface area contributed by atoms with Crippen molar-refractivity contribution in [2.75, 3.05) is 11.1 Å². The van der Waals surface area contributed by atoms with Crippen molar-refractivity contribution in [3.05, 3.63) is 54.2 Å². The summed E-state index contributed by atoms with van der Waals surface area (Å²) < 4.78 is 0. The smallest absolute Gasteiger partial charge is 0.337 e. The van der Waals surface area contributed by atoms with Crippen LogP contribution in [0.4, 0.5) is 5.82 Å². The molecule has 2 rings (SSSR count). The molecule has 2 N–H and O–H groups in total. The van der Waals surface area contributed by atoms with Gasteiger partial charge in [-0.2, -0.15) is 0 Å². The maximum atomic E-state index is 11.7. The Bertz CT molecular complexity index is 615. The summed E-state index contributed by atoms with van der Waals surface area (Å²) in [5, 5.41) is 11.4. The summed E-state index contributed by atoms with van der Waals surface area (Å²) >= 11 is 1.61. The van der Waals surface area contributed by atoms with Gasteiger partial charge in [0.25, 0.3) is 0 Å². The van der Waals surface area contributed by atoms with Crippen LogP contribution in [0, 0.1) is 0 Å². The Morgan fingerprint density at radius 1 is 1.14 bits per heavy atom. The largest absolute Gasteiger partial charge is 0.478 e. The summed E-state index contributed by atoms with van der Waals surface area (Å²) in [6, 6.07) is 12.7. The van der Waals surface area contributed by atoms with E-state index in [4.69, 9.17) is 5.11 Å². The van der Waals surface area contributed by atoms with Crippen LogP contribution in [0.15, 0.2) is 53.6 Å². The Hall–Kier alpha value is -2.34. The minimum atomic E-state index is -1.04. The highest BCUT2D eigenvalue weighted by Crippen LogP contribution is 2.17. The lowest BCUT2D eigenvalue weighted by Crippen LogP contribution is -2.13. The zero-order valence-corrected chi connectivity index (χ0v) is 12.0. The van der Waals surface area contributed by atoms with Gasteiger partial charge in [0.15, 0.2) is 0 Å². The minimum Gasteiger partial charge on any atom is -0.478 e. The first-order valence-electron chi connectivity index (χ1n) is 6.32. The fraction of sp³-hybridized carbons (Fsp3) is 0.133. The number of aromatic nitrogens is 1. The lowest BCUT2D eigenvalue weighted by atomic mass is 10.3. The number of thioether (sulfide) groups is 1. The van der Waals surface area contributed by atoms with Gasteiger partial charge in [-0.1, -0.05) is 18.2 Å². The molecule has 0 aliphatic rings. The number of hydrogen-bond acceptors (Lipinski definition) is 4. The van der Waals surface area contributed by atoms with E-state index in [9.17, 15) is 9.59 Å². The van der Waals surface area contributed by atoms with Crippen LogP contribution in [0.3, 0.4) is 0 Å². The third-order valence-corrected chi connectivity index (χ3v) is 3.63. The van der Waals surface area contributed by atoms with Crippen molar-refractivity contribution >= 4 is 29.5 Å². The summed E-state index contributed by atoms with van der Waals surface area (Å²) in [6.07, 6.45) is 1.58. The molecule has 0 radical (unpaired) electrons. The molecule has 1 amide bonds. The van der Waals surface area contributed by atoms with E-state index >= 15 is 0 Å². The van der Waals surface area contributed by atoms with Crippen molar-refractivity contribution in [3.8, 4) is 0 Å². The summed E-state index contributed by atoms with van der Waals surface area (Å²) in [5.41, 5.74) is 0.0904. The summed E-state index contributed by atoms with van der Waals surface area (Å²) in [6.45, 7) is 0. The Morgan fingerprint density at radius 3 is 2.52 bits per heavy atom. The second-order valence-corrected chi connectivity index (χ2v) is 5.37. The Balaban J connectivity index is 1.78. The van der Waals surface area contributed by atoms with Gasteiger partial charge in [-0.25, -0.2) is 9.78 Å². The normalized spacial score (nSPS) is 10.1. The van der Waals surface area contributed by atoms with Crippen molar-refractivity contribution < 1.29 is 14.7 Å². The first kappa shape index (κ1) is 15.1. The van der Waals surface area contributed by atoms with Crippen molar-refractivity contribution in [1.82, 2.24) is 4.98 Å². The lowest BCUT2D eigenvalue weighted by molar-refractivity contribution is -0.115. The van der Waals surface area contributed by atoms with Gasteiger partial charge in [0.05, 0.1) is 5.56 Å². The topological polar surface area (TPSA) is 79.3 Å². The van der Waals surface area contributed by atoms with Gasteiger partial charge in [-0.05, 0) is 24.3 Å². The zero-order chi connectivity index (χ0) is 15.1. The van der Waals surface area contributed by atoms with E-state index in [0.29, 0.717) is 18.0 Å². The lowest BCUT2D eigenvalue weighted by Gasteiger charge is -2.04. The maximum Gasteiger partial charge on any atom is 0.337 e. The molecule has 108 valence electrons. The molecule has 0 aliphatic carbocycles. The zero-order valence-electron chi connectivity index (χ0n) is 11.2. The summed E-state index contributed by atoms with van der Waals surface area (Å²) in [7, 11) is 0. The van der Waals surface area contributed by atoms with Gasteiger partial charge in [-0.3, -0.25) is 4.79 Å².